The van der Waals surface area contributed by atoms with Crippen molar-refractivity contribution in [2.24, 2.45) is 0 Å². The fourth-order valence-corrected chi connectivity index (χ4v) is 4.60. The van der Waals surface area contributed by atoms with E-state index in [9.17, 15) is 73.7 Å². The minimum absolute atomic E-state index is 0.641. The van der Waals surface area contributed by atoms with E-state index in [2.05, 4.69) is 0 Å². The summed E-state index contributed by atoms with van der Waals surface area (Å²) in [5, 5.41) is 86.3. The highest BCUT2D eigenvalue weighted by Crippen LogP contribution is 2.38. The molecule has 0 bridgehead atoms. The minimum Gasteiger partial charge on any atom is -0.192 e. The molecule has 0 aromatic heterocycles. The number of nitrogens with zero attached hydrogens (tertiary/aromatic N) is 9. The molecule has 3 aromatic rings. The highest BCUT2D eigenvalue weighted by molar-refractivity contribution is 5.86. The van der Waals surface area contributed by atoms with E-state index in [-0.39, 0.29) is 0 Å². The monoisotopic (exact) mass is 617 g/mol. The molecule has 0 amide bonds. The van der Waals surface area contributed by atoms with Crippen LogP contribution in [0.3, 0.4) is 0 Å². The van der Waals surface area contributed by atoms with E-state index in [0.717, 1.165) is 12.1 Å². The van der Waals surface area contributed by atoms with Crippen molar-refractivity contribution in [1.82, 2.24) is 0 Å². The van der Waals surface area contributed by atoms with E-state index >= 15 is 0 Å². The lowest BCUT2D eigenvalue weighted by molar-refractivity contribution is -0.138. The Morgan fingerprint density at radius 2 is 0.848 bits per heavy atom. The summed E-state index contributed by atoms with van der Waals surface area (Å²) in [6.45, 7) is 0. The van der Waals surface area contributed by atoms with Gasteiger partial charge in [-0.25, -0.2) is 0 Å². The van der Waals surface area contributed by atoms with Gasteiger partial charge in [-0.15, -0.1) is 0 Å². The zero-order valence-corrected chi connectivity index (χ0v) is 22.2. The van der Waals surface area contributed by atoms with Gasteiger partial charge >= 0.3 is 12.4 Å². The van der Waals surface area contributed by atoms with Gasteiger partial charge in [0, 0.05) is 21.6 Å². The van der Waals surface area contributed by atoms with Crippen molar-refractivity contribution in [2.75, 3.05) is 0 Å². The molecule has 3 rings (SSSR count). The van der Waals surface area contributed by atoms with Gasteiger partial charge in [0.05, 0.1) is 79.4 Å². The quantitative estimate of drug-likeness (QED) is 0.375. The molecule has 0 aliphatic carbocycles. The normalized spacial score (nSPS) is 11.8. The smallest absolute Gasteiger partial charge is 0.192 e. The standard InChI is InChI=1S/C31H5F6N9/c32-30(33,34)28-15(6-38)1-3-18(25(28)13-45)21(9-41)20-5-17(8-40)27(24(12-44)22(20)10-42)23(11-43)19-4-2-16(7-39)29(26(19)14-46)31(35,36)37/h1-5H/b21-20-,27-23-. The van der Waals surface area contributed by atoms with Crippen LogP contribution in [0.15, 0.2) is 30.3 Å². The fourth-order valence-electron chi connectivity index (χ4n) is 4.60. The summed E-state index contributed by atoms with van der Waals surface area (Å²) >= 11 is 0. The molecule has 0 saturated heterocycles. The predicted molar refractivity (Wildman–Crippen MR) is 138 cm³/mol. The first-order valence-corrected chi connectivity index (χ1v) is 11.8. The first-order chi connectivity index (χ1) is 21.7. The molecule has 0 atom stereocenters. The van der Waals surface area contributed by atoms with Crippen LogP contribution < -0.4 is 10.4 Å². The second kappa shape index (κ2) is 12.3. The Morgan fingerprint density at radius 1 is 0.457 bits per heavy atom. The zero-order valence-electron chi connectivity index (χ0n) is 22.2. The van der Waals surface area contributed by atoms with Crippen molar-refractivity contribution < 1.29 is 26.3 Å². The lowest BCUT2D eigenvalue weighted by Gasteiger charge is -2.15. The zero-order chi connectivity index (χ0) is 34.6. The highest BCUT2D eigenvalue weighted by Gasteiger charge is 2.39. The van der Waals surface area contributed by atoms with Crippen molar-refractivity contribution in [3.8, 4) is 54.6 Å². The maximum atomic E-state index is 13.9. The van der Waals surface area contributed by atoms with Gasteiger partial charge in [0.2, 0.25) is 0 Å². The molecular weight excluding hydrogens is 612 g/mol. The van der Waals surface area contributed by atoms with Gasteiger partial charge in [-0.2, -0.15) is 73.7 Å². The van der Waals surface area contributed by atoms with Gasteiger partial charge in [-0.1, -0.05) is 12.1 Å². The summed E-state index contributed by atoms with van der Waals surface area (Å²) in [7, 11) is 0. The SMILES string of the molecule is N#C/C(c1ccc(C#N)c(C(F)(F)F)c1C#N)=c1\cc(C#N)/c(=C(\C#N)c2ccc(C#N)c(C(F)(F)F)c2C#N)c(C#N)c1C#N. The molecule has 0 aliphatic heterocycles. The van der Waals surface area contributed by atoms with E-state index in [1.807, 2.05) is 0 Å². The van der Waals surface area contributed by atoms with Crippen molar-refractivity contribution in [3.05, 3.63) is 102 Å². The van der Waals surface area contributed by atoms with Gasteiger partial charge in [0.15, 0.2) is 0 Å². The van der Waals surface area contributed by atoms with Crippen LogP contribution in [-0.4, -0.2) is 0 Å². The molecule has 0 saturated carbocycles. The molecule has 3 aromatic carbocycles. The van der Waals surface area contributed by atoms with E-state index < -0.39 is 95.1 Å². The molecule has 0 spiro atoms. The Hall–Kier alpha value is -7.61. The van der Waals surface area contributed by atoms with Gasteiger partial charge in [-0.05, 0) is 18.2 Å². The Labute approximate surface area is 253 Å². The second-order valence-electron chi connectivity index (χ2n) is 8.67. The number of alkyl halides is 6. The number of nitriles is 9. The molecule has 15 heteroatoms. The molecule has 46 heavy (non-hydrogen) atoms. The molecule has 0 radical (unpaired) electrons. The minimum atomic E-state index is -5.28. The van der Waals surface area contributed by atoms with Crippen LogP contribution in [0.25, 0.3) is 11.1 Å². The average Bonchev–Trinajstić information content (AvgIpc) is 3.03. The first-order valence-electron chi connectivity index (χ1n) is 11.8. The lowest BCUT2D eigenvalue weighted by Crippen LogP contribution is -2.27. The van der Waals surface area contributed by atoms with E-state index in [0.29, 0.717) is 18.2 Å². The highest BCUT2D eigenvalue weighted by atomic mass is 19.4. The first kappa shape index (κ1) is 32.9. The van der Waals surface area contributed by atoms with Crippen LogP contribution >= 0.6 is 0 Å². The molecular formula is C31H5F6N9. The number of hydrogen-bond acceptors (Lipinski definition) is 9. The Morgan fingerprint density at radius 3 is 1.17 bits per heavy atom. The predicted octanol–water partition coefficient (Wildman–Crippen LogP) is 4.27. The van der Waals surface area contributed by atoms with Gasteiger partial charge in [0.1, 0.15) is 36.4 Å². The van der Waals surface area contributed by atoms with E-state index in [1.54, 1.807) is 6.07 Å². The van der Waals surface area contributed by atoms with Crippen molar-refractivity contribution in [1.29, 1.82) is 47.4 Å². The van der Waals surface area contributed by atoms with Crippen LogP contribution in [0.5, 0.6) is 0 Å². The number of halogens is 6. The average molecular weight is 617 g/mol. The van der Waals surface area contributed by atoms with Gasteiger partial charge < -0.3 is 0 Å². The van der Waals surface area contributed by atoms with Crippen molar-refractivity contribution in [2.45, 2.75) is 12.4 Å². The Bertz CT molecular complexity index is 2390. The third kappa shape index (κ3) is 5.34. The van der Waals surface area contributed by atoms with Gasteiger partial charge in [0.25, 0.3) is 0 Å². The molecule has 216 valence electrons. The molecule has 0 N–H and O–H groups in total. The maximum absolute atomic E-state index is 13.9. The fraction of sp³-hybridized carbons (Fsp3) is 0.0645. The molecule has 0 unspecified atom stereocenters. The van der Waals surface area contributed by atoms with E-state index in [1.165, 1.54) is 48.6 Å². The summed E-state index contributed by atoms with van der Waals surface area (Å²) in [5.41, 5.74) is -13.5. The Balaban J connectivity index is 2.78. The summed E-state index contributed by atoms with van der Waals surface area (Å²) < 4.78 is 83.4. The third-order valence-corrected chi connectivity index (χ3v) is 6.40. The Kier molecular flexibility index (Phi) is 8.81. The van der Waals surface area contributed by atoms with Crippen molar-refractivity contribution >= 4 is 11.1 Å². The van der Waals surface area contributed by atoms with E-state index in [4.69, 9.17) is 0 Å². The summed E-state index contributed by atoms with van der Waals surface area (Å²) in [5.74, 6) is 0. The number of hydrogen-bond donors (Lipinski definition) is 0. The topological polar surface area (TPSA) is 214 Å². The molecule has 9 nitrogen and oxygen atoms in total. The van der Waals surface area contributed by atoms with Crippen LogP contribution in [0, 0.1) is 102 Å². The molecule has 0 heterocycles. The molecule has 0 fully saturated rings. The second-order valence-corrected chi connectivity index (χ2v) is 8.67. The summed E-state index contributed by atoms with van der Waals surface area (Å²) in [6, 6.07) is 16.4. The summed E-state index contributed by atoms with van der Waals surface area (Å²) in [6.07, 6.45) is -10.5. The lowest BCUT2D eigenvalue weighted by atomic mass is 9.87. The van der Waals surface area contributed by atoms with Crippen LogP contribution in [0.2, 0.25) is 0 Å². The van der Waals surface area contributed by atoms with Crippen LogP contribution in [-0.2, 0) is 12.4 Å². The molecule has 0 aliphatic rings. The largest absolute Gasteiger partial charge is 0.418 e. The summed E-state index contributed by atoms with van der Waals surface area (Å²) in [4.78, 5) is 0. The maximum Gasteiger partial charge on any atom is 0.418 e. The van der Waals surface area contributed by atoms with Crippen molar-refractivity contribution in [3.63, 3.8) is 0 Å². The number of benzene rings is 3. The van der Waals surface area contributed by atoms with Gasteiger partial charge in [-0.3, -0.25) is 0 Å². The van der Waals surface area contributed by atoms with Crippen LogP contribution in [0.1, 0.15) is 61.2 Å². The third-order valence-electron chi connectivity index (χ3n) is 6.40. The van der Waals surface area contributed by atoms with Crippen LogP contribution in [0.4, 0.5) is 26.3 Å². The number of rotatable bonds is 2.